The van der Waals surface area contributed by atoms with Gasteiger partial charge in [0.15, 0.2) is 0 Å². The normalized spacial score (nSPS) is 11.0. The fourth-order valence-electron chi connectivity index (χ4n) is 1.62. The molecule has 0 saturated carbocycles. The summed E-state index contributed by atoms with van der Waals surface area (Å²) in [4.78, 5) is 12.0. The zero-order chi connectivity index (χ0) is 13.8. The summed E-state index contributed by atoms with van der Waals surface area (Å²) in [6.07, 6.45) is 9.71. The van der Waals surface area contributed by atoms with Gasteiger partial charge in [-0.05, 0) is 29.8 Å². The van der Waals surface area contributed by atoms with Gasteiger partial charge in [-0.15, -0.1) is 0 Å². The highest BCUT2D eigenvalue weighted by Gasteiger charge is 2.05. The molecule has 3 heterocycles. The fraction of sp³-hybridized carbons (Fsp3) is 0. The van der Waals surface area contributed by atoms with E-state index in [1.54, 1.807) is 48.9 Å². The maximum atomic E-state index is 9.31. The maximum absolute atomic E-state index is 9.31. The molecule has 0 amide bonds. The molecule has 0 saturated heterocycles. The lowest BCUT2D eigenvalue weighted by molar-refractivity contribution is 0.411. The second kappa shape index (κ2) is 5.31. The first kappa shape index (κ1) is 12.0. The quantitative estimate of drug-likeness (QED) is 0.783. The molecule has 3 rings (SSSR count). The van der Waals surface area contributed by atoms with Crippen LogP contribution in [0.4, 0.5) is 0 Å². The number of rotatable bonds is 3. The molecule has 0 spiro atoms. The molecule has 6 nitrogen and oxygen atoms in total. The zero-order valence-corrected chi connectivity index (χ0v) is 10.3. The number of pyridine rings is 2. The van der Waals surface area contributed by atoms with Crippen molar-refractivity contribution in [2.45, 2.75) is 0 Å². The van der Waals surface area contributed by atoms with Crippen molar-refractivity contribution >= 4 is 12.2 Å². The molecular formula is C14H10N4O2. The second-order valence-corrected chi connectivity index (χ2v) is 4.00. The Morgan fingerprint density at radius 2 is 1.90 bits per heavy atom. The van der Waals surface area contributed by atoms with E-state index in [4.69, 9.17) is 4.52 Å². The number of hydrogen-bond acceptors (Lipinski definition) is 6. The smallest absolute Gasteiger partial charge is 0.250 e. The van der Waals surface area contributed by atoms with Gasteiger partial charge in [-0.1, -0.05) is 5.16 Å². The van der Waals surface area contributed by atoms with Gasteiger partial charge in [0.2, 0.25) is 5.82 Å². The van der Waals surface area contributed by atoms with Crippen molar-refractivity contribution in [1.82, 2.24) is 20.1 Å². The lowest BCUT2D eigenvalue weighted by Gasteiger charge is -1.92. The minimum Gasteiger partial charge on any atom is -0.506 e. The van der Waals surface area contributed by atoms with Crippen LogP contribution in [0.3, 0.4) is 0 Å². The van der Waals surface area contributed by atoms with Crippen LogP contribution in [-0.4, -0.2) is 25.2 Å². The van der Waals surface area contributed by atoms with Gasteiger partial charge in [-0.3, -0.25) is 9.97 Å². The highest BCUT2D eigenvalue weighted by Crippen LogP contribution is 2.16. The third-order valence-electron chi connectivity index (χ3n) is 2.54. The van der Waals surface area contributed by atoms with Crippen molar-refractivity contribution in [1.29, 1.82) is 0 Å². The van der Waals surface area contributed by atoms with Crippen LogP contribution in [0.5, 0.6) is 5.75 Å². The Morgan fingerprint density at radius 1 is 1.05 bits per heavy atom. The van der Waals surface area contributed by atoms with Crippen LogP contribution in [0.15, 0.2) is 47.5 Å². The van der Waals surface area contributed by atoms with Gasteiger partial charge in [0.1, 0.15) is 5.75 Å². The highest BCUT2D eigenvalue weighted by molar-refractivity contribution is 5.67. The third-order valence-corrected chi connectivity index (χ3v) is 2.54. The number of hydrogen-bond donors (Lipinski definition) is 1. The average Bonchev–Trinajstić information content (AvgIpc) is 2.95. The molecule has 3 aromatic heterocycles. The molecule has 6 heteroatoms. The van der Waals surface area contributed by atoms with Gasteiger partial charge in [-0.2, -0.15) is 4.98 Å². The molecule has 0 unspecified atom stereocenters. The van der Waals surface area contributed by atoms with Gasteiger partial charge in [0.25, 0.3) is 5.89 Å². The van der Waals surface area contributed by atoms with Crippen LogP contribution >= 0.6 is 0 Å². The van der Waals surface area contributed by atoms with Gasteiger partial charge >= 0.3 is 0 Å². The Kier molecular flexibility index (Phi) is 3.20. The van der Waals surface area contributed by atoms with Crippen molar-refractivity contribution < 1.29 is 9.63 Å². The monoisotopic (exact) mass is 266 g/mol. The standard InChI is InChI=1S/C14H10N4O2/c19-12-7-10(8-16-9-12)1-2-13-17-14(18-20-13)11-3-5-15-6-4-11/h1-9,19H/b2-1+. The van der Waals surface area contributed by atoms with Crippen LogP contribution in [0.25, 0.3) is 23.5 Å². The van der Waals surface area contributed by atoms with E-state index in [2.05, 4.69) is 20.1 Å². The van der Waals surface area contributed by atoms with Crippen molar-refractivity contribution in [2.75, 3.05) is 0 Å². The number of aromatic hydroxyl groups is 1. The van der Waals surface area contributed by atoms with E-state index in [1.165, 1.54) is 6.20 Å². The van der Waals surface area contributed by atoms with Gasteiger partial charge in [0.05, 0.1) is 6.20 Å². The fourth-order valence-corrected chi connectivity index (χ4v) is 1.62. The van der Waals surface area contributed by atoms with E-state index in [0.717, 1.165) is 11.1 Å². The summed E-state index contributed by atoms with van der Waals surface area (Å²) in [5.74, 6) is 0.983. The average molecular weight is 266 g/mol. The largest absolute Gasteiger partial charge is 0.506 e. The zero-order valence-electron chi connectivity index (χ0n) is 10.3. The predicted molar refractivity (Wildman–Crippen MR) is 72.4 cm³/mol. The first-order chi connectivity index (χ1) is 9.81. The third kappa shape index (κ3) is 2.69. The van der Waals surface area contributed by atoms with Crippen molar-refractivity contribution in [3.05, 3.63) is 54.4 Å². The molecule has 1 N–H and O–H groups in total. The topological polar surface area (TPSA) is 84.9 Å². The Balaban J connectivity index is 1.81. The SMILES string of the molecule is Oc1cncc(/C=C/c2nc(-c3ccncc3)no2)c1. The molecule has 0 aliphatic rings. The van der Waals surface area contributed by atoms with E-state index in [-0.39, 0.29) is 5.75 Å². The maximum Gasteiger partial charge on any atom is 0.250 e. The Hall–Kier alpha value is -3.02. The lowest BCUT2D eigenvalue weighted by Crippen LogP contribution is -1.80. The Morgan fingerprint density at radius 3 is 2.70 bits per heavy atom. The molecular weight excluding hydrogens is 256 g/mol. The van der Waals surface area contributed by atoms with E-state index in [0.29, 0.717) is 11.7 Å². The summed E-state index contributed by atoms with van der Waals surface area (Å²) in [5, 5.41) is 13.2. The first-order valence-corrected chi connectivity index (χ1v) is 5.87. The molecule has 3 aromatic rings. The molecule has 0 aromatic carbocycles. The van der Waals surface area contributed by atoms with Crippen LogP contribution in [-0.2, 0) is 0 Å². The summed E-state index contributed by atoms with van der Waals surface area (Å²) < 4.78 is 5.12. The van der Waals surface area contributed by atoms with Crippen LogP contribution in [0, 0.1) is 0 Å². The second-order valence-electron chi connectivity index (χ2n) is 4.00. The summed E-state index contributed by atoms with van der Waals surface area (Å²) in [5.41, 5.74) is 1.58. The Bertz CT molecular complexity index is 738. The van der Waals surface area contributed by atoms with Crippen LogP contribution in [0.2, 0.25) is 0 Å². The van der Waals surface area contributed by atoms with E-state index in [1.807, 2.05) is 0 Å². The van der Waals surface area contributed by atoms with E-state index < -0.39 is 0 Å². The summed E-state index contributed by atoms with van der Waals surface area (Å²) >= 11 is 0. The summed E-state index contributed by atoms with van der Waals surface area (Å²) in [7, 11) is 0. The van der Waals surface area contributed by atoms with Gasteiger partial charge in [0, 0.05) is 30.2 Å². The molecule has 98 valence electrons. The Labute approximate surface area is 114 Å². The van der Waals surface area contributed by atoms with E-state index >= 15 is 0 Å². The highest BCUT2D eigenvalue weighted by atomic mass is 16.5. The lowest BCUT2D eigenvalue weighted by atomic mass is 10.2. The predicted octanol–water partition coefficient (Wildman–Crippen LogP) is 2.40. The summed E-state index contributed by atoms with van der Waals surface area (Å²) in [6, 6.07) is 5.19. The molecule has 0 fully saturated rings. The van der Waals surface area contributed by atoms with Crippen molar-refractivity contribution in [3.63, 3.8) is 0 Å². The van der Waals surface area contributed by atoms with Crippen molar-refractivity contribution in [3.8, 4) is 17.1 Å². The van der Waals surface area contributed by atoms with Crippen molar-refractivity contribution in [2.24, 2.45) is 0 Å². The minimum absolute atomic E-state index is 0.107. The molecule has 0 aliphatic heterocycles. The number of nitrogens with zero attached hydrogens (tertiary/aromatic N) is 4. The van der Waals surface area contributed by atoms with E-state index in [9.17, 15) is 5.11 Å². The van der Waals surface area contributed by atoms with Gasteiger partial charge < -0.3 is 9.63 Å². The molecule has 0 atom stereocenters. The van der Waals surface area contributed by atoms with Gasteiger partial charge in [-0.25, -0.2) is 0 Å². The first-order valence-electron chi connectivity index (χ1n) is 5.87. The summed E-state index contributed by atoms with van der Waals surface area (Å²) in [6.45, 7) is 0. The number of aromatic nitrogens is 4. The minimum atomic E-state index is 0.107. The molecule has 0 aliphatic carbocycles. The molecule has 0 radical (unpaired) electrons. The van der Waals surface area contributed by atoms with Crippen LogP contribution in [0.1, 0.15) is 11.5 Å². The molecule has 0 bridgehead atoms. The molecule has 20 heavy (non-hydrogen) atoms. The van der Waals surface area contributed by atoms with Crippen LogP contribution < -0.4 is 0 Å².